The molecule has 1 aliphatic carbocycles. The van der Waals surface area contributed by atoms with E-state index in [2.05, 4.69) is 10.6 Å². The number of rotatable bonds is 5. The molecule has 1 aromatic heterocycles. The fourth-order valence-corrected chi connectivity index (χ4v) is 4.00. The summed E-state index contributed by atoms with van der Waals surface area (Å²) in [6.07, 6.45) is 6.16. The Balaban J connectivity index is 1.52. The van der Waals surface area contributed by atoms with Gasteiger partial charge in [-0.2, -0.15) is 4.98 Å². The molecule has 1 saturated carbocycles. The van der Waals surface area contributed by atoms with E-state index in [9.17, 15) is 0 Å². The maximum absolute atomic E-state index is 5.56. The lowest BCUT2D eigenvalue weighted by Crippen LogP contribution is -2.23. The molecule has 2 aromatic carbocycles. The van der Waals surface area contributed by atoms with E-state index in [4.69, 9.17) is 24.2 Å². The average Bonchev–Trinajstić information content (AvgIpc) is 3.22. The summed E-state index contributed by atoms with van der Waals surface area (Å²) in [4.78, 5) is 9.53. The number of methoxy groups -OCH3 is 1. The number of para-hydroxylation sites is 1. The lowest BCUT2D eigenvalue weighted by molar-refractivity contribution is 0.174. The predicted octanol–water partition coefficient (Wildman–Crippen LogP) is 4.86. The largest absolute Gasteiger partial charge is 0.494 e. The molecule has 1 aliphatic heterocycles. The highest BCUT2D eigenvalue weighted by atomic mass is 16.7. The minimum atomic E-state index is 0.248. The molecule has 0 unspecified atom stereocenters. The van der Waals surface area contributed by atoms with Gasteiger partial charge in [0.2, 0.25) is 12.7 Å². The summed E-state index contributed by atoms with van der Waals surface area (Å²) in [6.45, 7) is 0.248. The lowest BCUT2D eigenvalue weighted by atomic mass is 9.95. The first-order chi connectivity index (χ1) is 14.3. The molecule has 29 heavy (non-hydrogen) atoms. The topological polar surface area (TPSA) is 77.5 Å². The summed E-state index contributed by atoms with van der Waals surface area (Å²) >= 11 is 0. The van der Waals surface area contributed by atoms with Crippen molar-refractivity contribution in [3.05, 3.63) is 36.4 Å². The molecular weight excluding hydrogens is 368 g/mol. The smallest absolute Gasteiger partial charge is 0.231 e. The second kappa shape index (κ2) is 7.66. The highest BCUT2D eigenvalue weighted by Crippen LogP contribution is 2.36. The van der Waals surface area contributed by atoms with Crippen LogP contribution in [0.1, 0.15) is 32.1 Å². The first-order valence-electron chi connectivity index (χ1n) is 10.1. The molecule has 150 valence electrons. The lowest BCUT2D eigenvalue weighted by Gasteiger charge is -2.24. The molecule has 1 fully saturated rings. The molecule has 2 heterocycles. The molecule has 3 aromatic rings. The number of nitrogens with one attached hydrogen (secondary N) is 2. The van der Waals surface area contributed by atoms with Crippen LogP contribution >= 0.6 is 0 Å². The van der Waals surface area contributed by atoms with Crippen molar-refractivity contribution in [1.29, 1.82) is 0 Å². The van der Waals surface area contributed by atoms with Crippen molar-refractivity contribution in [1.82, 2.24) is 9.97 Å². The van der Waals surface area contributed by atoms with Gasteiger partial charge in [0.1, 0.15) is 17.1 Å². The Labute approximate surface area is 169 Å². The third-order valence-corrected chi connectivity index (χ3v) is 5.48. The maximum Gasteiger partial charge on any atom is 0.231 e. The highest BCUT2D eigenvalue weighted by molar-refractivity contribution is 5.94. The van der Waals surface area contributed by atoms with Crippen LogP contribution in [-0.2, 0) is 0 Å². The summed E-state index contributed by atoms with van der Waals surface area (Å²) in [5, 5.41) is 7.92. The number of anilines is 3. The van der Waals surface area contributed by atoms with E-state index in [1.54, 1.807) is 7.11 Å². The SMILES string of the molecule is COc1cccc2c(NC3CCCCC3)nc(Nc3ccc4c(c3)OCO4)nc12. The van der Waals surface area contributed by atoms with E-state index in [0.29, 0.717) is 17.7 Å². The number of hydrogen-bond acceptors (Lipinski definition) is 7. The number of benzene rings is 2. The van der Waals surface area contributed by atoms with Crippen LogP contribution in [0.4, 0.5) is 17.5 Å². The van der Waals surface area contributed by atoms with Crippen molar-refractivity contribution >= 4 is 28.4 Å². The van der Waals surface area contributed by atoms with Crippen molar-refractivity contribution in [2.24, 2.45) is 0 Å². The van der Waals surface area contributed by atoms with Crippen LogP contribution in [0.15, 0.2) is 36.4 Å². The van der Waals surface area contributed by atoms with Gasteiger partial charge in [-0.3, -0.25) is 0 Å². The van der Waals surface area contributed by atoms with Gasteiger partial charge in [-0.05, 0) is 37.1 Å². The molecule has 7 heteroatoms. The zero-order valence-corrected chi connectivity index (χ0v) is 16.4. The number of fused-ring (bicyclic) bond motifs is 2. The van der Waals surface area contributed by atoms with Gasteiger partial charge < -0.3 is 24.8 Å². The first kappa shape index (κ1) is 17.8. The summed E-state index contributed by atoms with van der Waals surface area (Å²) in [6, 6.07) is 12.1. The molecule has 0 bridgehead atoms. The molecule has 7 nitrogen and oxygen atoms in total. The molecular formula is C22H24N4O3. The second-order valence-electron chi connectivity index (χ2n) is 7.42. The highest BCUT2D eigenvalue weighted by Gasteiger charge is 2.18. The zero-order chi connectivity index (χ0) is 19.6. The normalized spacial score (nSPS) is 16.0. The van der Waals surface area contributed by atoms with Gasteiger partial charge in [0.25, 0.3) is 0 Å². The van der Waals surface area contributed by atoms with E-state index in [0.717, 1.165) is 33.9 Å². The van der Waals surface area contributed by atoms with E-state index < -0.39 is 0 Å². The summed E-state index contributed by atoms with van der Waals surface area (Å²) in [7, 11) is 1.66. The molecule has 0 amide bonds. The number of aromatic nitrogens is 2. The Bertz CT molecular complexity index is 1030. The van der Waals surface area contributed by atoms with Crippen molar-refractivity contribution in [3.63, 3.8) is 0 Å². The van der Waals surface area contributed by atoms with Gasteiger partial charge in [-0.25, -0.2) is 4.98 Å². The Morgan fingerprint density at radius 3 is 2.72 bits per heavy atom. The van der Waals surface area contributed by atoms with Crippen LogP contribution in [-0.4, -0.2) is 29.9 Å². The van der Waals surface area contributed by atoms with E-state index in [-0.39, 0.29) is 6.79 Å². The van der Waals surface area contributed by atoms with Crippen LogP contribution < -0.4 is 24.8 Å². The fourth-order valence-electron chi connectivity index (χ4n) is 4.00. The molecule has 5 rings (SSSR count). The third-order valence-electron chi connectivity index (χ3n) is 5.48. The first-order valence-corrected chi connectivity index (χ1v) is 10.1. The summed E-state index contributed by atoms with van der Waals surface area (Å²) < 4.78 is 16.4. The molecule has 0 spiro atoms. The zero-order valence-electron chi connectivity index (χ0n) is 16.4. The van der Waals surface area contributed by atoms with E-state index in [1.165, 1.54) is 32.1 Å². The quantitative estimate of drug-likeness (QED) is 0.642. The Kier molecular flexibility index (Phi) is 4.71. The second-order valence-corrected chi connectivity index (χ2v) is 7.42. The Morgan fingerprint density at radius 1 is 1.00 bits per heavy atom. The molecule has 2 N–H and O–H groups in total. The Hall–Kier alpha value is -3.22. The number of nitrogens with zero attached hydrogens (tertiary/aromatic N) is 2. The molecule has 2 aliphatic rings. The van der Waals surface area contributed by atoms with Gasteiger partial charge >= 0.3 is 0 Å². The monoisotopic (exact) mass is 392 g/mol. The van der Waals surface area contributed by atoms with Crippen LogP contribution in [0.2, 0.25) is 0 Å². The molecule has 0 radical (unpaired) electrons. The minimum Gasteiger partial charge on any atom is -0.494 e. The van der Waals surface area contributed by atoms with E-state index >= 15 is 0 Å². The van der Waals surface area contributed by atoms with Crippen LogP contribution in [0.25, 0.3) is 10.9 Å². The number of hydrogen-bond donors (Lipinski definition) is 2. The van der Waals surface area contributed by atoms with Gasteiger partial charge in [0, 0.05) is 23.2 Å². The number of ether oxygens (including phenoxy) is 3. The Morgan fingerprint density at radius 2 is 1.86 bits per heavy atom. The molecule has 0 atom stereocenters. The fraction of sp³-hybridized carbons (Fsp3) is 0.364. The van der Waals surface area contributed by atoms with E-state index in [1.807, 2.05) is 36.4 Å². The minimum absolute atomic E-state index is 0.248. The van der Waals surface area contributed by atoms with Gasteiger partial charge in [0.05, 0.1) is 7.11 Å². The van der Waals surface area contributed by atoms with Gasteiger partial charge in [-0.15, -0.1) is 0 Å². The van der Waals surface area contributed by atoms with Crippen LogP contribution in [0.3, 0.4) is 0 Å². The summed E-state index contributed by atoms with van der Waals surface area (Å²) in [5.74, 6) is 3.54. The third kappa shape index (κ3) is 3.60. The van der Waals surface area contributed by atoms with Crippen LogP contribution in [0.5, 0.6) is 17.2 Å². The van der Waals surface area contributed by atoms with Crippen molar-refractivity contribution in [3.8, 4) is 17.2 Å². The van der Waals surface area contributed by atoms with Gasteiger partial charge in [-0.1, -0.05) is 25.3 Å². The van der Waals surface area contributed by atoms with Crippen molar-refractivity contribution in [2.45, 2.75) is 38.1 Å². The molecule has 0 saturated heterocycles. The van der Waals surface area contributed by atoms with Crippen molar-refractivity contribution in [2.75, 3.05) is 24.5 Å². The predicted molar refractivity (Wildman–Crippen MR) is 112 cm³/mol. The van der Waals surface area contributed by atoms with Crippen LogP contribution in [0, 0.1) is 0 Å². The summed E-state index contributed by atoms with van der Waals surface area (Å²) in [5.41, 5.74) is 1.62. The van der Waals surface area contributed by atoms with Gasteiger partial charge in [0.15, 0.2) is 11.5 Å². The van der Waals surface area contributed by atoms with Crippen molar-refractivity contribution < 1.29 is 14.2 Å². The maximum atomic E-state index is 5.56. The average molecular weight is 392 g/mol. The standard InChI is InChI=1S/C22H24N4O3/c1-27-18-9-5-8-16-20(18)25-22(26-21(16)23-14-6-3-2-4-7-14)24-15-10-11-17-19(12-15)29-13-28-17/h5,8-12,14H,2-4,6-7,13H2,1H3,(H2,23,24,25,26).